The van der Waals surface area contributed by atoms with E-state index < -0.39 is 17.6 Å². The van der Waals surface area contributed by atoms with Crippen LogP contribution in [0.2, 0.25) is 0 Å². The molecule has 1 aliphatic carbocycles. The monoisotopic (exact) mass is 497 g/mol. The predicted octanol–water partition coefficient (Wildman–Crippen LogP) is 5.73. The van der Waals surface area contributed by atoms with Crippen LogP contribution in [0.4, 0.5) is 8.78 Å². The minimum atomic E-state index is -0.668. The smallest absolute Gasteiger partial charge is 0.248 e. The molecule has 1 N–H and O–H groups in total. The fourth-order valence-corrected chi connectivity index (χ4v) is 4.92. The number of aryl methyl sites for hydroxylation is 1. The van der Waals surface area contributed by atoms with Gasteiger partial charge in [0.25, 0.3) is 0 Å². The molecule has 2 aromatic heterocycles. The number of hydrogen-bond acceptors (Lipinski definition) is 4. The number of H-pyrrole nitrogens is 1. The SMILES string of the molecule is Cc1ccc(-c2cncnc2[C@@H](CC(=O)CC2=CCc3ccc(=O)[nH]c32)Cc2cc(F)cc(F)c2)cc1. The van der Waals surface area contributed by atoms with Crippen LogP contribution in [0.15, 0.2) is 78.0 Å². The summed E-state index contributed by atoms with van der Waals surface area (Å²) >= 11 is 0. The molecular formula is C30H25F2N3O2. The Morgan fingerprint density at radius 2 is 1.81 bits per heavy atom. The minimum Gasteiger partial charge on any atom is -0.322 e. The number of fused-ring (bicyclic) bond motifs is 1. The van der Waals surface area contributed by atoms with E-state index in [1.165, 1.54) is 24.5 Å². The average Bonchev–Trinajstić information content (AvgIpc) is 3.25. The van der Waals surface area contributed by atoms with Crippen LogP contribution in [0.1, 0.15) is 46.8 Å². The number of allylic oxidation sites excluding steroid dienone is 2. The van der Waals surface area contributed by atoms with E-state index in [1.54, 1.807) is 12.3 Å². The summed E-state index contributed by atoms with van der Waals surface area (Å²) in [6.45, 7) is 2.00. The van der Waals surface area contributed by atoms with Crippen molar-refractivity contribution in [3.63, 3.8) is 0 Å². The third kappa shape index (κ3) is 5.61. The molecule has 5 rings (SSSR count). The molecule has 0 saturated heterocycles. The fourth-order valence-electron chi connectivity index (χ4n) is 4.92. The Bertz CT molecular complexity index is 1540. The number of aromatic nitrogens is 3. The lowest BCUT2D eigenvalue weighted by atomic mass is 9.86. The normalized spacial score (nSPS) is 13.2. The largest absolute Gasteiger partial charge is 0.322 e. The van der Waals surface area contributed by atoms with E-state index in [1.807, 2.05) is 37.3 Å². The molecule has 0 amide bonds. The highest BCUT2D eigenvalue weighted by Gasteiger charge is 2.25. The molecule has 0 bridgehead atoms. The molecule has 7 heteroatoms. The molecule has 2 aromatic carbocycles. The number of halogens is 2. The first-order chi connectivity index (χ1) is 17.9. The number of nitrogens with zero attached hydrogens (tertiary/aromatic N) is 2. The second-order valence-corrected chi connectivity index (χ2v) is 9.44. The molecule has 0 fully saturated rings. The number of pyridine rings is 1. The first kappa shape index (κ1) is 24.4. The summed E-state index contributed by atoms with van der Waals surface area (Å²) in [5.41, 5.74) is 6.11. The van der Waals surface area contributed by atoms with E-state index in [0.29, 0.717) is 23.4 Å². The minimum absolute atomic E-state index is 0.0563. The van der Waals surface area contributed by atoms with Crippen molar-refractivity contribution in [3.05, 3.63) is 123 Å². The number of Topliss-reactive ketones (excluding diaryl/α,β-unsaturated/α-hetero) is 1. The van der Waals surface area contributed by atoms with Crippen LogP contribution in [-0.4, -0.2) is 20.7 Å². The van der Waals surface area contributed by atoms with E-state index in [4.69, 9.17) is 0 Å². The topological polar surface area (TPSA) is 75.7 Å². The van der Waals surface area contributed by atoms with Crippen LogP contribution in [0.25, 0.3) is 16.7 Å². The van der Waals surface area contributed by atoms with Crippen molar-refractivity contribution in [2.24, 2.45) is 0 Å². The van der Waals surface area contributed by atoms with E-state index in [9.17, 15) is 18.4 Å². The molecule has 1 aliphatic rings. The highest BCUT2D eigenvalue weighted by Crippen LogP contribution is 2.34. The maximum atomic E-state index is 14.0. The van der Waals surface area contributed by atoms with Crippen LogP contribution in [0.3, 0.4) is 0 Å². The number of ketones is 1. The average molecular weight is 498 g/mol. The van der Waals surface area contributed by atoms with Crippen molar-refractivity contribution in [2.45, 2.75) is 38.5 Å². The second-order valence-electron chi connectivity index (χ2n) is 9.44. The molecule has 5 nitrogen and oxygen atoms in total. The lowest BCUT2D eigenvalue weighted by Crippen LogP contribution is -2.14. The lowest BCUT2D eigenvalue weighted by Gasteiger charge is -2.20. The van der Waals surface area contributed by atoms with Crippen molar-refractivity contribution in [1.82, 2.24) is 15.0 Å². The number of carbonyl (C=O) groups excluding carboxylic acids is 1. The van der Waals surface area contributed by atoms with Gasteiger partial charge < -0.3 is 4.98 Å². The van der Waals surface area contributed by atoms with Gasteiger partial charge in [0.05, 0.1) is 5.69 Å². The molecule has 4 aromatic rings. The summed E-state index contributed by atoms with van der Waals surface area (Å²) < 4.78 is 28.0. The quantitative estimate of drug-likeness (QED) is 0.337. The maximum Gasteiger partial charge on any atom is 0.248 e. The summed E-state index contributed by atoms with van der Waals surface area (Å²) in [4.78, 5) is 36.8. The molecule has 186 valence electrons. The van der Waals surface area contributed by atoms with E-state index in [0.717, 1.165) is 33.9 Å². The van der Waals surface area contributed by atoms with Crippen LogP contribution in [-0.2, 0) is 17.6 Å². The molecule has 0 radical (unpaired) electrons. The Balaban J connectivity index is 1.47. The van der Waals surface area contributed by atoms with Gasteiger partial charge in [0, 0.05) is 48.3 Å². The zero-order chi connectivity index (χ0) is 25.9. The fraction of sp³-hybridized carbons (Fsp3) is 0.200. The summed E-state index contributed by atoms with van der Waals surface area (Å²) in [5.74, 6) is -1.83. The second kappa shape index (κ2) is 10.4. The molecule has 2 heterocycles. The Hall–Kier alpha value is -4.26. The summed E-state index contributed by atoms with van der Waals surface area (Å²) in [6.07, 6.45) is 6.22. The summed E-state index contributed by atoms with van der Waals surface area (Å²) in [7, 11) is 0. The summed E-state index contributed by atoms with van der Waals surface area (Å²) in [6, 6.07) is 14.6. The van der Waals surface area contributed by atoms with E-state index in [2.05, 4.69) is 15.0 Å². The number of hydrogen-bond donors (Lipinski definition) is 1. The standard InChI is InChI=1S/C30H25F2N3O2/c1-18-2-4-20(5-3-18)27-16-33-17-34-30(27)23(10-19-11-24(31)15-25(32)12-19)14-26(36)13-22-7-6-21-8-9-28(37)35-29(21)22/h2-5,7-9,11-12,15-17,23H,6,10,13-14H2,1H3,(H,35,37)/t23-/m1/s1. The first-order valence-corrected chi connectivity index (χ1v) is 12.1. The van der Waals surface area contributed by atoms with Crippen molar-refractivity contribution in [2.75, 3.05) is 0 Å². The van der Waals surface area contributed by atoms with E-state index >= 15 is 0 Å². The summed E-state index contributed by atoms with van der Waals surface area (Å²) in [5, 5.41) is 0. The molecule has 0 spiro atoms. The van der Waals surface area contributed by atoms with Crippen LogP contribution >= 0.6 is 0 Å². The Labute approximate surface area is 213 Å². The third-order valence-electron chi connectivity index (χ3n) is 6.65. The molecule has 0 saturated carbocycles. The Morgan fingerprint density at radius 1 is 1.05 bits per heavy atom. The molecule has 0 unspecified atom stereocenters. The highest BCUT2D eigenvalue weighted by atomic mass is 19.1. The van der Waals surface area contributed by atoms with Gasteiger partial charge in [0.2, 0.25) is 5.56 Å². The van der Waals surface area contributed by atoms with Gasteiger partial charge in [0.15, 0.2) is 0 Å². The third-order valence-corrected chi connectivity index (χ3v) is 6.65. The van der Waals surface area contributed by atoms with Gasteiger partial charge >= 0.3 is 0 Å². The van der Waals surface area contributed by atoms with Gasteiger partial charge in [0.1, 0.15) is 23.7 Å². The van der Waals surface area contributed by atoms with Crippen molar-refractivity contribution in [1.29, 1.82) is 0 Å². The van der Waals surface area contributed by atoms with Crippen molar-refractivity contribution >= 4 is 11.4 Å². The number of benzene rings is 2. The van der Waals surface area contributed by atoms with Gasteiger partial charge in [-0.25, -0.2) is 18.7 Å². The van der Waals surface area contributed by atoms with Crippen molar-refractivity contribution in [3.8, 4) is 11.1 Å². The number of rotatable bonds is 8. The van der Waals surface area contributed by atoms with Crippen LogP contribution in [0.5, 0.6) is 0 Å². The Kier molecular flexibility index (Phi) is 6.86. The van der Waals surface area contributed by atoms with Gasteiger partial charge in [-0.05, 0) is 54.2 Å². The van der Waals surface area contributed by atoms with Crippen LogP contribution < -0.4 is 5.56 Å². The Morgan fingerprint density at radius 3 is 2.57 bits per heavy atom. The molecular weight excluding hydrogens is 472 g/mol. The molecule has 37 heavy (non-hydrogen) atoms. The number of carbonyl (C=O) groups is 1. The first-order valence-electron chi connectivity index (χ1n) is 12.1. The van der Waals surface area contributed by atoms with Gasteiger partial charge in [-0.1, -0.05) is 42.0 Å². The number of aromatic amines is 1. The van der Waals surface area contributed by atoms with Crippen molar-refractivity contribution < 1.29 is 13.6 Å². The maximum absolute atomic E-state index is 14.0. The number of nitrogens with one attached hydrogen (secondary N) is 1. The van der Waals surface area contributed by atoms with Gasteiger partial charge in [-0.2, -0.15) is 0 Å². The lowest BCUT2D eigenvalue weighted by molar-refractivity contribution is -0.118. The van der Waals surface area contributed by atoms with E-state index in [-0.39, 0.29) is 30.6 Å². The van der Waals surface area contributed by atoms with Gasteiger partial charge in [-0.3, -0.25) is 9.59 Å². The molecule has 1 atom stereocenters. The molecule has 0 aliphatic heterocycles. The zero-order valence-electron chi connectivity index (χ0n) is 20.3. The van der Waals surface area contributed by atoms with Gasteiger partial charge in [-0.15, -0.1) is 0 Å². The zero-order valence-corrected chi connectivity index (χ0v) is 20.3. The highest BCUT2D eigenvalue weighted by molar-refractivity contribution is 5.91. The van der Waals surface area contributed by atoms with Crippen LogP contribution in [0, 0.1) is 18.6 Å². The predicted molar refractivity (Wildman–Crippen MR) is 138 cm³/mol.